The number of esters is 1. The number of amides is 1. The van der Waals surface area contributed by atoms with Crippen LogP contribution in [0.1, 0.15) is 52.3 Å². The molecule has 38 heavy (non-hydrogen) atoms. The summed E-state index contributed by atoms with van der Waals surface area (Å²) in [5.74, 6) is -2.06. The maximum absolute atomic E-state index is 13.3. The van der Waals surface area contributed by atoms with Gasteiger partial charge in [0, 0.05) is 18.0 Å². The molecular weight excluding hydrogens is 506 g/mol. The van der Waals surface area contributed by atoms with Crippen LogP contribution in [-0.2, 0) is 14.3 Å². The highest BCUT2D eigenvalue weighted by atomic mass is 32.1. The van der Waals surface area contributed by atoms with Gasteiger partial charge in [0.2, 0.25) is 0 Å². The van der Waals surface area contributed by atoms with E-state index in [9.17, 15) is 19.5 Å². The zero-order valence-corrected chi connectivity index (χ0v) is 21.9. The van der Waals surface area contributed by atoms with E-state index >= 15 is 0 Å². The third kappa shape index (κ3) is 5.35. The molecule has 1 unspecified atom stereocenters. The summed E-state index contributed by atoms with van der Waals surface area (Å²) in [6, 6.07) is 9.02. The maximum atomic E-state index is 13.3. The van der Waals surface area contributed by atoms with E-state index in [1.54, 1.807) is 49.5 Å². The quantitative estimate of drug-likeness (QED) is 0.0966. The predicted molar refractivity (Wildman–Crippen MR) is 143 cm³/mol. The molecule has 10 heteroatoms. The molecule has 3 heterocycles. The Labute approximate surface area is 224 Å². The molecular formula is C28H27N3O6S. The van der Waals surface area contributed by atoms with E-state index in [1.165, 1.54) is 17.2 Å². The molecule has 0 saturated carbocycles. The monoisotopic (exact) mass is 533 g/mol. The molecule has 9 nitrogen and oxygen atoms in total. The first-order chi connectivity index (χ1) is 18.4. The van der Waals surface area contributed by atoms with Crippen LogP contribution in [0.25, 0.3) is 5.76 Å². The van der Waals surface area contributed by atoms with Crippen molar-refractivity contribution >= 4 is 39.9 Å². The molecule has 2 aromatic heterocycles. The topological polar surface area (TPSA) is 119 Å². The van der Waals surface area contributed by atoms with Crippen molar-refractivity contribution in [1.29, 1.82) is 0 Å². The molecule has 1 aromatic carbocycles. The van der Waals surface area contributed by atoms with E-state index in [0.717, 1.165) is 24.2 Å². The molecule has 0 bridgehead atoms. The lowest BCUT2D eigenvalue weighted by molar-refractivity contribution is -0.132. The summed E-state index contributed by atoms with van der Waals surface area (Å²) in [5, 5.41) is 11.4. The lowest BCUT2D eigenvalue weighted by atomic mass is 9.96. The number of ketones is 1. The van der Waals surface area contributed by atoms with Gasteiger partial charge in [-0.3, -0.25) is 19.5 Å². The fraction of sp³-hybridized carbons (Fsp3) is 0.250. The summed E-state index contributed by atoms with van der Waals surface area (Å²) in [5.41, 5.74) is 1.09. The van der Waals surface area contributed by atoms with Crippen LogP contribution in [0.15, 0.2) is 67.0 Å². The molecule has 1 amide bonds. The largest absolute Gasteiger partial charge is 0.507 e. The first-order valence-corrected chi connectivity index (χ1v) is 12.9. The van der Waals surface area contributed by atoms with Gasteiger partial charge in [-0.25, -0.2) is 9.78 Å². The van der Waals surface area contributed by atoms with Crippen LogP contribution < -0.4 is 9.64 Å². The SMILES string of the molecule is C=CCOC(=O)c1sc(N2C(=O)C(=O)/C(=C(\O)c3ccc(OCCCC)cc3)C2c2cccnc2)nc1C. The lowest BCUT2D eigenvalue weighted by Gasteiger charge is -2.22. The Morgan fingerprint density at radius 3 is 2.66 bits per heavy atom. The Morgan fingerprint density at radius 2 is 2.00 bits per heavy atom. The van der Waals surface area contributed by atoms with Gasteiger partial charge in [-0.15, -0.1) is 0 Å². The van der Waals surface area contributed by atoms with Gasteiger partial charge in [0.1, 0.15) is 23.0 Å². The number of carbonyl (C=O) groups excluding carboxylic acids is 3. The van der Waals surface area contributed by atoms with Crippen LogP contribution in [0.5, 0.6) is 5.75 Å². The van der Waals surface area contributed by atoms with Gasteiger partial charge in [-0.05, 0) is 49.2 Å². The number of hydrogen-bond donors (Lipinski definition) is 1. The number of unbranched alkanes of at least 4 members (excludes halogenated alkanes) is 1. The molecule has 0 aliphatic carbocycles. The predicted octanol–water partition coefficient (Wildman–Crippen LogP) is 4.99. The van der Waals surface area contributed by atoms with Crippen LogP contribution in [0, 0.1) is 6.92 Å². The highest BCUT2D eigenvalue weighted by Crippen LogP contribution is 2.43. The van der Waals surface area contributed by atoms with Crippen LogP contribution >= 0.6 is 11.3 Å². The van der Waals surface area contributed by atoms with Crippen molar-refractivity contribution in [2.75, 3.05) is 18.1 Å². The van der Waals surface area contributed by atoms with E-state index < -0.39 is 23.7 Å². The van der Waals surface area contributed by atoms with Gasteiger partial charge >= 0.3 is 11.9 Å². The second-order valence-electron chi connectivity index (χ2n) is 8.48. The van der Waals surface area contributed by atoms with Crippen molar-refractivity contribution in [3.8, 4) is 5.75 Å². The standard InChI is InChI=1S/C28H27N3O6S/c1-4-6-15-36-20-11-9-18(10-12-20)23(32)21-22(19-8-7-13-29-16-19)31(26(34)24(21)33)28-30-17(3)25(38-28)27(35)37-14-5-2/h5,7-13,16,22,32H,2,4,6,14-15H2,1,3H3/b23-21-. The third-order valence-corrected chi connectivity index (χ3v) is 6.98. The first-order valence-electron chi connectivity index (χ1n) is 12.1. The molecule has 4 rings (SSSR count). The van der Waals surface area contributed by atoms with E-state index in [1.807, 2.05) is 0 Å². The van der Waals surface area contributed by atoms with E-state index in [2.05, 4.69) is 23.5 Å². The average molecular weight is 534 g/mol. The molecule has 1 aliphatic heterocycles. The number of aryl methyl sites for hydroxylation is 1. The minimum absolute atomic E-state index is 0.0220. The highest BCUT2D eigenvalue weighted by Gasteiger charge is 2.48. The summed E-state index contributed by atoms with van der Waals surface area (Å²) in [7, 11) is 0. The fourth-order valence-electron chi connectivity index (χ4n) is 3.96. The van der Waals surface area contributed by atoms with Crippen molar-refractivity contribution in [3.05, 3.63) is 88.7 Å². The van der Waals surface area contributed by atoms with Gasteiger partial charge in [0.25, 0.3) is 5.78 Å². The Bertz CT molecular complexity index is 1380. The number of thiazole rings is 1. The number of aromatic nitrogens is 2. The number of ether oxygens (including phenoxy) is 2. The van der Waals surface area contributed by atoms with Crippen LogP contribution in [0.4, 0.5) is 5.13 Å². The molecule has 0 spiro atoms. The molecule has 1 N–H and O–H groups in total. The summed E-state index contributed by atoms with van der Waals surface area (Å²) < 4.78 is 10.8. The number of rotatable bonds is 10. The molecule has 1 saturated heterocycles. The molecule has 1 aliphatic rings. The van der Waals surface area contributed by atoms with E-state index in [4.69, 9.17) is 9.47 Å². The van der Waals surface area contributed by atoms with Crippen LogP contribution in [0.2, 0.25) is 0 Å². The number of aliphatic hydroxyl groups is 1. The number of aliphatic hydroxyl groups excluding tert-OH is 1. The molecule has 3 aromatic rings. The van der Waals surface area contributed by atoms with Crippen molar-refractivity contribution in [2.45, 2.75) is 32.7 Å². The Balaban J connectivity index is 1.77. The summed E-state index contributed by atoms with van der Waals surface area (Å²) in [6.07, 6.45) is 6.44. The number of benzene rings is 1. The summed E-state index contributed by atoms with van der Waals surface area (Å²) >= 11 is 0.932. The second kappa shape index (κ2) is 11.8. The van der Waals surface area contributed by atoms with Crippen molar-refractivity contribution < 1.29 is 29.0 Å². The van der Waals surface area contributed by atoms with Crippen LogP contribution in [-0.4, -0.2) is 45.9 Å². The summed E-state index contributed by atoms with van der Waals surface area (Å²) in [4.78, 5) is 49.0. The highest BCUT2D eigenvalue weighted by molar-refractivity contribution is 7.17. The van der Waals surface area contributed by atoms with Crippen LogP contribution in [0.3, 0.4) is 0 Å². The number of pyridine rings is 1. The normalized spacial score (nSPS) is 16.5. The number of nitrogens with zero attached hydrogens (tertiary/aromatic N) is 3. The number of hydrogen-bond acceptors (Lipinski definition) is 9. The smallest absolute Gasteiger partial charge is 0.350 e. The Kier molecular flexibility index (Phi) is 8.32. The first kappa shape index (κ1) is 26.7. The zero-order valence-electron chi connectivity index (χ0n) is 21.0. The Morgan fingerprint density at radius 1 is 1.24 bits per heavy atom. The minimum atomic E-state index is -1.01. The van der Waals surface area contributed by atoms with Gasteiger partial charge < -0.3 is 14.6 Å². The number of Topliss-reactive ketones (excluding diaryl/α,β-unsaturated/α-hetero) is 1. The van der Waals surface area contributed by atoms with E-state index in [-0.39, 0.29) is 27.9 Å². The van der Waals surface area contributed by atoms with Crippen molar-refractivity contribution in [1.82, 2.24) is 9.97 Å². The molecule has 1 atom stereocenters. The fourth-order valence-corrected chi connectivity index (χ4v) is 4.94. The summed E-state index contributed by atoms with van der Waals surface area (Å²) in [6.45, 7) is 7.81. The second-order valence-corrected chi connectivity index (χ2v) is 9.46. The minimum Gasteiger partial charge on any atom is -0.507 e. The van der Waals surface area contributed by atoms with Crippen molar-refractivity contribution in [3.63, 3.8) is 0 Å². The van der Waals surface area contributed by atoms with Crippen molar-refractivity contribution in [2.24, 2.45) is 0 Å². The lowest BCUT2D eigenvalue weighted by Crippen LogP contribution is -2.29. The van der Waals surface area contributed by atoms with E-state index in [0.29, 0.717) is 29.2 Å². The maximum Gasteiger partial charge on any atom is 0.350 e. The van der Waals surface area contributed by atoms with Gasteiger partial charge in [-0.1, -0.05) is 43.4 Å². The third-order valence-electron chi connectivity index (χ3n) is 5.85. The number of carbonyl (C=O) groups is 3. The molecule has 0 radical (unpaired) electrons. The number of anilines is 1. The van der Waals surface area contributed by atoms with Gasteiger partial charge in [0.15, 0.2) is 5.13 Å². The average Bonchev–Trinajstić information content (AvgIpc) is 3.44. The zero-order chi connectivity index (χ0) is 27.2. The molecule has 196 valence electrons. The van der Waals surface area contributed by atoms with Gasteiger partial charge in [-0.2, -0.15) is 0 Å². The molecule has 1 fully saturated rings. The Hall–Kier alpha value is -4.31. The van der Waals surface area contributed by atoms with Gasteiger partial charge in [0.05, 0.1) is 23.9 Å².